The number of rotatable bonds is 4. The summed E-state index contributed by atoms with van der Waals surface area (Å²) in [7, 11) is 0. The third kappa shape index (κ3) is 3.76. The SMILES string of the molecule is CC1N=C(C(=O)Nn2cnc3scc(-c4ccccc4)c3c2=O)NN(c2ccccc2)C1=O. The smallest absolute Gasteiger partial charge is 0.270 e. The van der Waals surface area contributed by atoms with E-state index in [4.69, 9.17) is 0 Å². The molecule has 33 heavy (non-hydrogen) atoms. The van der Waals surface area contributed by atoms with Gasteiger partial charge in [-0.1, -0.05) is 48.5 Å². The Bertz CT molecular complexity index is 1450. The third-order valence-electron chi connectivity index (χ3n) is 5.15. The highest BCUT2D eigenvalue weighted by molar-refractivity contribution is 7.17. The molecule has 5 rings (SSSR count). The van der Waals surface area contributed by atoms with E-state index in [9.17, 15) is 14.4 Å². The summed E-state index contributed by atoms with van der Waals surface area (Å²) in [5.41, 5.74) is 7.07. The summed E-state index contributed by atoms with van der Waals surface area (Å²) in [4.78, 5) is 47.7. The predicted molar refractivity (Wildman–Crippen MR) is 128 cm³/mol. The molecule has 2 aromatic heterocycles. The van der Waals surface area contributed by atoms with Gasteiger partial charge in [-0.05, 0) is 24.6 Å². The molecule has 0 bridgehead atoms. The number of carbonyl (C=O) groups is 2. The van der Waals surface area contributed by atoms with Crippen LogP contribution in [0.2, 0.25) is 0 Å². The maximum Gasteiger partial charge on any atom is 0.307 e. The number of para-hydroxylation sites is 1. The molecule has 1 aliphatic rings. The molecule has 1 atom stereocenters. The lowest BCUT2D eigenvalue weighted by atomic mass is 10.1. The number of aromatic nitrogens is 2. The van der Waals surface area contributed by atoms with E-state index in [1.807, 2.05) is 41.8 Å². The topological polar surface area (TPSA) is 109 Å². The molecule has 0 aliphatic carbocycles. The van der Waals surface area contributed by atoms with Crippen molar-refractivity contribution in [2.75, 3.05) is 10.4 Å². The van der Waals surface area contributed by atoms with Crippen LogP contribution in [0.15, 0.2) is 82.2 Å². The molecule has 0 fully saturated rings. The molecule has 1 aliphatic heterocycles. The van der Waals surface area contributed by atoms with E-state index < -0.39 is 17.5 Å². The highest BCUT2D eigenvalue weighted by Gasteiger charge is 2.31. The quantitative estimate of drug-likeness (QED) is 0.489. The van der Waals surface area contributed by atoms with Crippen LogP contribution in [-0.4, -0.2) is 33.4 Å². The van der Waals surface area contributed by atoms with E-state index >= 15 is 0 Å². The summed E-state index contributed by atoms with van der Waals surface area (Å²) in [6, 6.07) is 17.6. The van der Waals surface area contributed by atoms with Gasteiger partial charge in [-0.15, -0.1) is 11.3 Å². The average molecular weight is 459 g/mol. The molecular formula is C23H18N6O3S. The minimum atomic E-state index is -0.772. The average Bonchev–Trinajstić information content (AvgIpc) is 3.28. The number of benzene rings is 2. The third-order valence-corrected chi connectivity index (χ3v) is 6.04. The number of anilines is 1. The molecule has 4 aromatic rings. The zero-order valence-corrected chi connectivity index (χ0v) is 18.2. The summed E-state index contributed by atoms with van der Waals surface area (Å²) in [5, 5.41) is 3.56. The van der Waals surface area contributed by atoms with E-state index in [2.05, 4.69) is 20.8 Å². The van der Waals surface area contributed by atoms with Gasteiger partial charge in [0.1, 0.15) is 17.2 Å². The van der Waals surface area contributed by atoms with Crippen LogP contribution in [0.5, 0.6) is 0 Å². The number of thiophene rings is 1. The Morgan fingerprint density at radius 1 is 1.06 bits per heavy atom. The Morgan fingerprint density at radius 3 is 2.48 bits per heavy atom. The molecule has 0 spiro atoms. The van der Waals surface area contributed by atoms with Crippen molar-refractivity contribution in [3.8, 4) is 11.1 Å². The van der Waals surface area contributed by atoms with Crippen molar-refractivity contribution in [1.29, 1.82) is 0 Å². The second kappa shape index (κ2) is 8.32. The fourth-order valence-corrected chi connectivity index (χ4v) is 4.41. The summed E-state index contributed by atoms with van der Waals surface area (Å²) < 4.78 is 1.03. The number of hydrogen-bond acceptors (Lipinski definition) is 7. The Hall–Kier alpha value is -4.31. The van der Waals surface area contributed by atoms with Gasteiger partial charge in [0, 0.05) is 10.9 Å². The summed E-state index contributed by atoms with van der Waals surface area (Å²) >= 11 is 1.36. The van der Waals surface area contributed by atoms with Crippen molar-refractivity contribution >= 4 is 44.9 Å². The Kier molecular flexibility index (Phi) is 5.19. The van der Waals surface area contributed by atoms with Gasteiger partial charge in [0.2, 0.25) is 5.84 Å². The van der Waals surface area contributed by atoms with Gasteiger partial charge in [-0.3, -0.25) is 25.2 Å². The van der Waals surface area contributed by atoms with Gasteiger partial charge in [0.15, 0.2) is 0 Å². The van der Waals surface area contributed by atoms with Crippen molar-refractivity contribution in [2.24, 2.45) is 4.99 Å². The molecule has 2 amide bonds. The van der Waals surface area contributed by atoms with E-state index in [-0.39, 0.29) is 11.7 Å². The number of nitrogens with zero attached hydrogens (tertiary/aromatic N) is 4. The van der Waals surface area contributed by atoms with Crippen LogP contribution < -0.4 is 21.4 Å². The molecule has 2 aromatic carbocycles. The molecule has 1 unspecified atom stereocenters. The van der Waals surface area contributed by atoms with Crippen LogP contribution >= 0.6 is 11.3 Å². The molecule has 164 valence electrons. The van der Waals surface area contributed by atoms with E-state index in [1.54, 1.807) is 31.2 Å². The van der Waals surface area contributed by atoms with Crippen molar-refractivity contribution in [3.05, 3.63) is 82.7 Å². The lowest BCUT2D eigenvalue weighted by molar-refractivity contribution is -0.120. The molecule has 0 saturated heterocycles. The molecule has 10 heteroatoms. The van der Waals surface area contributed by atoms with Crippen LogP contribution in [0.1, 0.15) is 6.92 Å². The fourth-order valence-electron chi connectivity index (χ4n) is 3.51. The maximum atomic E-state index is 13.2. The van der Waals surface area contributed by atoms with Gasteiger partial charge < -0.3 is 0 Å². The number of fused-ring (bicyclic) bond motifs is 1. The van der Waals surface area contributed by atoms with Gasteiger partial charge in [0.25, 0.3) is 11.5 Å². The molecule has 2 N–H and O–H groups in total. The second-order valence-corrected chi connectivity index (χ2v) is 8.19. The van der Waals surface area contributed by atoms with Crippen molar-refractivity contribution in [1.82, 2.24) is 15.1 Å². The minimum Gasteiger partial charge on any atom is -0.270 e. The number of hydrazine groups is 1. The molecule has 9 nitrogen and oxygen atoms in total. The van der Waals surface area contributed by atoms with Gasteiger partial charge in [0.05, 0.1) is 11.1 Å². The molecular weight excluding hydrogens is 440 g/mol. The van der Waals surface area contributed by atoms with E-state index in [0.717, 1.165) is 15.8 Å². The lowest BCUT2D eigenvalue weighted by Crippen LogP contribution is -2.58. The first-order valence-electron chi connectivity index (χ1n) is 10.1. The van der Waals surface area contributed by atoms with Gasteiger partial charge >= 0.3 is 5.91 Å². The zero-order chi connectivity index (χ0) is 22.9. The number of nitrogens with one attached hydrogen (secondary N) is 2. The Balaban J connectivity index is 1.46. The summed E-state index contributed by atoms with van der Waals surface area (Å²) in [6.07, 6.45) is 1.26. The Labute approximate surface area is 192 Å². The van der Waals surface area contributed by atoms with E-state index in [1.165, 1.54) is 22.7 Å². The van der Waals surface area contributed by atoms with Crippen LogP contribution in [-0.2, 0) is 9.59 Å². The summed E-state index contributed by atoms with van der Waals surface area (Å²) in [6.45, 7) is 1.60. The number of amidine groups is 1. The normalized spacial score (nSPS) is 15.8. The monoisotopic (exact) mass is 458 g/mol. The van der Waals surface area contributed by atoms with Crippen LogP contribution in [0.25, 0.3) is 21.3 Å². The molecule has 0 saturated carbocycles. The second-order valence-electron chi connectivity index (χ2n) is 7.33. The standard InChI is InChI=1S/C23H18N6O3S/c1-14-22(31)29(16-10-6-3-7-11-16)26-19(25-14)20(30)27-28-13-24-21-18(23(28)32)17(12-33-21)15-8-4-2-5-9-15/h2-14H,1H3,(H,25,26)(H,27,30). The van der Waals surface area contributed by atoms with Crippen LogP contribution in [0.4, 0.5) is 5.69 Å². The predicted octanol–water partition coefficient (Wildman–Crippen LogP) is 2.53. The number of amides is 2. The number of hydrogen-bond donors (Lipinski definition) is 2. The molecule has 0 radical (unpaired) electrons. The van der Waals surface area contributed by atoms with Crippen LogP contribution in [0, 0.1) is 0 Å². The lowest BCUT2D eigenvalue weighted by Gasteiger charge is -2.30. The van der Waals surface area contributed by atoms with Crippen molar-refractivity contribution in [2.45, 2.75) is 13.0 Å². The van der Waals surface area contributed by atoms with E-state index in [0.29, 0.717) is 15.9 Å². The number of aliphatic imine (C=N–C) groups is 1. The molecule has 3 heterocycles. The van der Waals surface area contributed by atoms with Crippen molar-refractivity contribution in [3.63, 3.8) is 0 Å². The van der Waals surface area contributed by atoms with Crippen LogP contribution in [0.3, 0.4) is 0 Å². The highest BCUT2D eigenvalue weighted by Crippen LogP contribution is 2.30. The summed E-state index contributed by atoms with van der Waals surface area (Å²) in [5.74, 6) is -1.06. The fraction of sp³-hybridized carbons (Fsp3) is 0.0870. The Morgan fingerprint density at radius 2 is 1.76 bits per heavy atom. The van der Waals surface area contributed by atoms with Gasteiger partial charge in [-0.25, -0.2) is 19.7 Å². The first-order chi connectivity index (χ1) is 16.0. The van der Waals surface area contributed by atoms with Crippen molar-refractivity contribution < 1.29 is 9.59 Å². The first-order valence-corrected chi connectivity index (χ1v) is 11.0. The minimum absolute atomic E-state index is 0.0912. The number of carbonyl (C=O) groups excluding carboxylic acids is 2. The zero-order valence-electron chi connectivity index (χ0n) is 17.4. The van der Waals surface area contributed by atoms with Gasteiger partial charge in [-0.2, -0.15) is 0 Å². The largest absolute Gasteiger partial charge is 0.307 e. The first kappa shape index (κ1) is 20.6. The highest BCUT2D eigenvalue weighted by atomic mass is 32.1. The maximum absolute atomic E-state index is 13.2.